The summed E-state index contributed by atoms with van der Waals surface area (Å²) in [7, 11) is 4.38. The van der Waals surface area contributed by atoms with Crippen molar-refractivity contribution in [3.63, 3.8) is 0 Å². The fourth-order valence-corrected chi connectivity index (χ4v) is 8.76. The molecule has 0 amide bonds. The molecule has 0 spiro atoms. The van der Waals surface area contributed by atoms with E-state index in [-0.39, 0.29) is 10.8 Å². The number of anilines is 2. The minimum atomic E-state index is -0.198. The summed E-state index contributed by atoms with van der Waals surface area (Å²) in [4.78, 5) is 4.67. The zero-order valence-electron chi connectivity index (χ0n) is 28.0. The summed E-state index contributed by atoms with van der Waals surface area (Å²) in [6.07, 6.45) is 2.68. The predicted molar refractivity (Wildman–Crippen MR) is 201 cm³/mol. The number of rotatable bonds is 6. The molecular weight excluding hydrogens is 569 g/mol. The monoisotopic (exact) mass is 610 g/mol. The van der Waals surface area contributed by atoms with Crippen LogP contribution in [0.1, 0.15) is 47.2 Å². The van der Waals surface area contributed by atoms with Crippen LogP contribution >= 0.6 is 0 Å². The van der Waals surface area contributed by atoms with Crippen LogP contribution in [0.15, 0.2) is 146 Å². The molecule has 47 heavy (non-hydrogen) atoms. The second-order valence-electron chi connectivity index (χ2n) is 14.1. The fourth-order valence-electron chi connectivity index (χ4n) is 8.76. The summed E-state index contributed by atoms with van der Waals surface area (Å²) < 4.78 is 0. The van der Waals surface area contributed by atoms with E-state index < -0.39 is 0 Å². The number of allylic oxidation sites excluding steroid dienone is 2. The van der Waals surface area contributed by atoms with E-state index >= 15 is 0 Å². The quantitative estimate of drug-likeness (QED) is 0.185. The van der Waals surface area contributed by atoms with Gasteiger partial charge in [-0.3, -0.25) is 0 Å². The van der Waals surface area contributed by atoms with Crippen molar-refractivity contribution in [2.24, 2.45) is 0 Å². The highest BCUT2D eigenvalue weighted by Crippen LogP contribution is 2.54. The summed E-state index contributed by atoms with van der Waals surface area (Å²) in [6.45, 7) is 14.1. The van der Waals surface area contributed by atoms with Crippen molar-refractivity contribution >= 4 is 32.9 Å². The Bertz CT molecular complexity index is 2050. The number of hydrogen-bond donors (Lipinski definition) is 0. The Morgan fingerprint density at radius 2 is 0.830 bits per heavy atom. The zero-order chi connectivity index (χ0) is 32.5. The molecule has 0 N–H and O–H groups in total. The minimum absolute atomic E-state index is 0.198. The molecule has 2 nitrogen and oxygen atoms in total. The van der Waals surface area contributed by atoms with E-state index in [0.29, 0.717) is 0 Å². The number of fused-ring (bicyclic) bond motifs is 6. The first-order valence-corrected chi connectivity index (χ1v) is 16.7. The van der Waals surface area contributed by atoms with Crippen molar-refractivity contribution < 1.29 is 0 Å². The second-order valence-corrected chi connectivity index (χ2v) is 14.1. The van der Waals surface area contributed by atoms with Gasteiger partial charge in [-0.25, -0.2) is 0 Å². The molecule has 2 atom stereocenters. The largest absolute Gasteiger partial charge is 0.348 e. The molecule has 2 heterocycles. The molecule has 0 saturated carbocycles. The molecule has 232 valence electrons. The van der Waals surface area contributed by atoms with Gasteiger partial charge in [-0.15, -0.1) is 0 Å². The normalized spacial score (nSPS) is 20.3. The van der Waals surface area contributed by atoms with Crippen molar-refractivity contribution in [3.8, 4) is 0 Å². The van der Waals surface area contributed by atoms with E-state index in [4.69, 9.17) is 0 Å². The van der Waals surface area contributed by atoms with E-state index in [1.165, 1.54) is 66.3 Å². The Hall–Kier alpha value is -5.08. The highest BCUT2D eigenvalue weighted by Gasteiger charge is 2.44. The maximum atomic E-state index is 4.67. The van der Waals surface area contributed by atoms with Gasteiger partial charge < -0.3 is 9.80 Å². The van der Waals surface area contributed by atoms with Crippen molar-refractivity contribution in [2.75, 3.05) is 23.9 Å². The minimum Gasteiger partial charge on any atom is -0.348 e. The smallest absolute Gasteiger partial charge is 0.0457 e. The molecule has 0 radical (unpaired) electrons. The fraction of sp³-hybridized carbons (Fsp3) is 0.200. The molecule has 2 aliphatic rings. The Kier molecular flexibility index (Phi) is 6.70. The van der Waals surface area contributed by atoms with Crippen molar-refractivity contribution in [1.29, 1.82) is 0 Å². The highest BCUT2D eigenvalue weighted by atomic mass is 15.2. The number of nitrogens with zero attached hydrogens (tertiary/aromatic N) is 2. The number of hydrogen-bond acceptors (Lipinski definition) is 2. The third kappa shape index (κ3) is 4.38. The zero-order valence-corrected chi connectivity index (χ0v) is 28.0. The molecule has 2 aliphatic heterocycles. The van der Waals surface area contributed by atoms with E-state index in [1.54, 1.807) is 0 Å². The molecular formula is C45H42N2. The maximum Gasteiger partial charge on any atom is 0.0457 e. The topological polar surface area (TPSA) is 6.48 Å². The highest BCUT2D eigenvalue weighted by molar-refractivity contribution is 6.00. The van der Waals surface area contributed by atoms with Crippen molar-refractivity contribution in [3.05, 3.63) is 179 Å². The lowest BCUT2D eigenvalue weighted by atomic mass is 9.74. The molecule has 0 saturated heterocycles. The molecule has 8 rings (SSSR count). The summed E-state index contributed by atoms with van der Waals surface area (Å²) >= 11 is 0. The first-order valence-electron chi connectivity index (χ1n) is 16.7. The number of benzene rings is 6. The molecule has 0 fully saturated rings. The van der Waals surface area contributed by atoms with Gasteiger partial charge in [0.1, 0.15) is 0 Å². The van der Waals surface area contributed by atoms with Gasteiger partial charge in [0.25, 0.3) is 0 Å². The Labute approximate surface area is 279 Å². The van der Waals surface area contributed by atoms with Crippen LogP contribution in [0.25, 0.3) is 21.5 Å². The van der Waals surface area contributed by atoms with Crippen molar-refractivity contribution in [1.82, 2.24) is 0 Å². The van der Waals surface area contributed by atoms with Crippen LogP contribution < -0.4 is 9.80 Å². The molecule has 0 aliphatic carbocycles. The first kappa shape index (κ1) is 29.3. The first-order chi connectivity index (χ1) is 22.7. The van der Waals surface area contributed by atoms with Crippen LogP contribution in [0.5, 0.6) is 0 Å². The van der Waals surface area contributed by atoms with Crippen molar-refractivity contribution in [2.45, 2.75) is 43.9 Å². The van der Waals surface area contributed by atoms with Crippen LogP contribution in [0.3, 0.4) is 0 Å². The van der Waals surface area contributed by atoms with E-state index in [1.807, 2.05) is 0 Å². The summed E-state index contributed by atoms with van der Waals surface area (Å²) in [5.41, 5.74) is 12.6. The van der Waals surface area contributed by atoms with Gasteiger partial charge in [-0.05, 0) is 100 Å². The average molecular weight is 611 g/mol. The van der Waals surface area contributed by atoms with E-state index in [2.05, 4.69) is 172 Å². The molecule has 2 unspecified atom stereocenters. The van der Waals surface area contributed by atoms with Gasteiger partial charge in [-0.2, -0.15) is 0 Å². The van der Waals surface area contributed by atoms with Crippen LogP contribution in [-0.4, -0.2) is 14.1 Å². The molecule has 0 aromatic heterocycles. The third-order valence-corrected chi connectivity index (χ3v) is 11.3. The molecule has 2 heteroatoms. The molecule has 0 bridgehead atoms. The second kappa shape index (κ2) is 10.7. The van der Waals surface area contributed by atoms with Gasteiger partial charge in [0.2, 0.25) is 0 Å². The molecule has 6 aromatic rings. The van der Waals surface area contributed by atoms with E-state index in [0.717, 1.165) is 30.7 Å². The van der Waals surface area contributed by atoms with Gasteiger partial charge in [0.15, 0.2) is 0 Å². The average Bonchev–Trinajstić information content (AvgIpc) is 3.40. The lowest BCUT2D eigenvalue weighted by molar-refractivity contribution is 0.573. The molecule has 6 aromatic carbocycles. The number of likely N-dealkylation sites (N-methyl/N-ethyl adjacent to an activating group) is 2. The van der Waals surface area contributed by atoms with E-state index in [9.17, 15) is 0 Å². The third-order valence-electron chi connectivity index (χ3n) is 11.3. The predicted octanol–water partition coefficient (Wildman–Crippen LogP) is 10.5. The Morgan fingerprint density at radius 1 is 0.489 bits per heavy atom. The lowest BCUT2D eigenvalue weighted by Crippen LogP contribution is -2.28. The SMILES string of the molecule is C=C1N(C)c2cc(Cc3cc4c(c5ccccc35)C(C)(Cc3ccccc3)C(=C)N4C)c3ccccc3c2C1(C)Cc1ccccc1. The van der Waals surface area contributed by atoms with Gasteiger partial charge in [0, 0.05) is 47.7 Å². The maximum absolute atomic E-state index is 4.67. The lowest BCUT2D eigenvalue weighted by Gasteiger charge is -2.29. The Balaban J connectivity index is 1.28. The standard InChI is InChI=1S/C45H42N2/c1-30-44(3,28-32-17-9-7-10-18-32)42-38-23-15-13-21-36(38)34(26-40(42)46(30)5)25-35-27-41-43(39-24-16-14-22-37(35)39)45(4,31(2)47(41)6)29-33-19-11-8-12-20-33/h7-24,26-27H,1-2,25,28-29H2,3-6H3. The van der Waals surface area contributed by atoms with Crippen LogP contribution in [0.2, 0.25) is 0 Å². The van der Waals surface area contributed by atoms with Crippen LogP contribution in [0, 0.1) is 0 Å². The summed E-state index contributed by atoms with van der Waals surface area (Å²) in [5, 5.41) is 5.31. The van der Waals surface area contributed by atoms with Crippen LogP contribution in [-0.2, 0) is 30.1 Å². The van der Waals surface area contributed by atoms with Gasteiger partial charge in [0.05, 0.1) is 0 Å². The van der Waals surface area contributed by atoms with Gasteiger partial charge in [-0.1, -0.05) is 122 Å². The summed E-state index contributed by atoms with van der Waals surface area (Å²) in [5.74, 6) is 0. The summed E-state index contributed by atoms with van der Waals surface area (Å²) in [6, 6.07) is 44.6. The van der Waals surface area contributed by atoms with Gasteiger partial charge >= 0.3 is 0 Å². The Morgan fingerprint density at radius 3 is 1.21 bits per heavy atom. The van der Waals surface area contributed by atoms with Crippen LogP contribution in [0.4, 0.5) is 11.4 Å².